The Labute approximate surface area is 211 Å². The van der Waals surface area contributed by atoms with Crippen molar-refractivity contribution in [3.63, 3.8) is 0 Å². The van der Waals surface area contributed by atoms with Gasteiger partial charge in [-0.1, -0.05) is 6.07 Å². The third-order valence-corrected chi connectivity index (χ3v) is 8.91. The van der Waals surface area contributed by atoms with Crippen molar-refractivity contribution in [2.45, 2.75) is 56.7 Å². The zero-order valence-corrected chi connectivity index (χ0v) is 20.6. The van der Waals surface area contributed by atoms with Crippen LogP contribution in [0.4, 0.5) is 11.5 Å². The number of aromatic carboxylic acids is 1. The molecule has 7 rings (SSSR count). The SMILES string of the molecule is C[C@@H]1CN(c2ccc(C(=O)O)cc2)CCN1c1cccc(C(=O)N[C@H]2C3CC4CC2C[C@](O)(C4)C3)n1. The van der Waals surface area contributed by atoms with Gasteiger partial charge in [0.15, 0.2) is 0 Å². The van der Waals surface area contributed by atoms with Crippen LogP contribution in [0, 0.1) is 17.8 Å². The Morgan fingerprint density at radius 1 is 1.03 bits per heavy atom. The quantitative estimate of drug-likeness (QED) is 0.591. The minimum Gasteiger partial charge on any atom is -0.478 e. The summed E-state index contributed by atoms with van der Waals surface area (Å²) in [6, 6.07) is 13.0. The van der Waals surface area contributed by atoms with Gasteiger partial charge in [0.05, 0.1) is 11.2 Å². The van der Waals surface area contributed by atoms with Crippen LogP contribution in [0.2, 0.25) is 0 Å². The molecule has 3 N–H and O–H groups in total. The Morgan fingerprint density at radius 2 is 1.75 bits per heavy atom. The smallest absolute Gasteiger partial charge is 0.335 e. The molecular formula is C28H34N4O4. The minimum absolute atomic E-state index is 0.119. The number of carbonyl (C=O) groups is 2. The molecule has 1 aromatic carbocycles. The van der Waals surface area contributed by atoms with Gasteiger partial charge in [0.2, 0.25) is 0 Å². The first-order valence-corrected chi connectivity index (χ1v) is 13.1. The summed E-state index contributed by atoms with van der Waals surface area (Å²) in [4.78, 5) is 33.6. The average Bonchev–Trinajstić information content (AvgIpc) is 2.85. The van der Waals surface area contributed by atoms with E-state index in [1.807, 2.05) is 24.3 Å². The molecule has 5 fully saturated rings. The number of anilines is 2. The molecule has 3 atom stereocenters. The standard InChI is InChI=1S/C28H34N4O4/c1-17-16-31(22-7-5-19(6-8-22)27(34)35)9-10-32(17)24-4-2-3-23(29-24)26(33)30-25-20-11-18-12-21(25)15-28(36,13-18)14-20/h2-8,17-18,20-21,25,36H,9-16H2,1H3,(H,30,33)(H,34,35)/t17-,18?,20?,21?,25-,28-/m1/s1. The fourth-order valence-corrected chi connectivity index (χ4v) is 7.50. The number of benzene rings is 1. The highest BCUT2D eigenvalue weighted by Gasteiger charge is 2.55. The molecule has 4 saturated carbocycles. The van der Waals surface area contributed by atoms with Gasteiger partial charge in [-0.15, -0.1) is 0 Å². The van der Waals surface area contributed by atoms with Gasteiger partial charge in [-0.3, -0.25) is 4.79 Å². The number of hydrogen-bond acceptors (Lipinski definition) is 6. The number of hydrogen-bond donors (Lipinski definition) is 3. The van der Waals surface area contributed by atoms with Crippen molar-refractivity contribution in [1.29, 1.82) is 0 Å². The van der Waals surface area contributed by atoms with Crippen molar-refractivity contribution >= 4 is 23.4 Å². The van der Waals surface area contributed by atoms with Gasteiger partial charge in [0.25, 0.3) is 5.91 Å². The molecule has 36 heavy (non-hydrogen) atoms. The number of amides is 1. The van der Waals surface area contributed by atoms with E-state index in [9.17, 15) is 14.7 Å². The molecule has 1 aliphatic heterocycles. The number of aliphatic hydroxyl groups is 1. The molecule has 0 radical (unpaired) electrons. The molecule has 190 valence electrons. The number of nitrogens with one attached hydrogen (secondary N) is 1. The summed E-state index contributed by atoms with van der Waals surface area (Å²) in [5, 5.41) is 23.3. The van der Waals surface area contributed by atoms with Crippen molar-refractivity contribution in [3.05, 3.63) is 53.7 Å². The average molecular weight is 491 g/mol. The molecule has 2 unspecified atom stereocenters. The molecule has 1 saturated heterocycles. The maximum atomic E-state index is 13.2. The highest BCUT2D eigenvalue weighted by molar-refractivity contribution is 5.93. The molecule has 4 bridgehead atoms. The predicted octanol–water partition coefficient (Wildman–Crippen LogP) is 3.16. The number of pyridine rings is 1. The van der Waals surface area contributed by atoms with Crippen LogP contribution in [0.25, 0.3) is 0 Å². The summed E-state index contributed by atoms with van der Waals surface area (Å²) in [5.74, 6) is 1.10. The molecule has 1 amide bonds. The largest absolute Gasteiger partial charge is 0.478 e. The van der Waals surface area contributed by atoms with Crippen molar-refractivity contribution in [2.24, 2.45) is 17.8 Å². The number of carboxylic acid groups (broad SMARTS) is 1. The van der Waals surface area contributed by atoms with Gasteiger partial charge >= 0.3 is 5.97 Å². The Hall–Kier alpha value is -3.13. The summed E-state index contributed by atoms with van der Waals surface area (Å²) < 4.78 is 0. The molecule has 1 aromatic heterocycles. The van der Waals surface area contributed by atoms with Crippen molar-refractivity contribution in [3.8, 4) is 0 Å². The topological polar surface area (TPSA) is 106 Å². The Morgan fingerprint density at radius 3 is 2.39 bits per heavy atom. The normalized spacial score (nSPS) is 33.0. The molecular weight excluding hydrogens is 456 g/mol. The minimum atomic E-state index is -0.921. The lowest BCUT2D eigenvalue weighted by molar-refractivity contribution is -0.136. The zero-order chi connectivity index (χ0) is 25.0. The van der Waals surface area contributed by atoms with Crippen LogP contribution in [0.1, 0.15) is 59.9 Å². The van der Waals surface area contributed by atoms with E-state index in [1.54, 1.807) is 18.2 Å². The van der Waals surface area contributed by atoms with Crippen LogP contribution in [0.5, 0.6) is 0 Å². The van der Waals surface area contributed by atoms with E-state index >= 15 is 0 Å². The number of carbonyl (C=O) groups excluding carboxylic acids is 1. The summed E-state index contributed by atoms with van der Waals surface area (Å²) in [5.41, 5.74) is 1.23. The fraction of sp³-hybridized carbons (Fsp3) is 0.536. The van der Waals surface area contributed by atoms with E-state index in [-0.39, 0.29) is 23.6 Å². The van der Waals surface area contributed by atoms with Crippen LogP contribution in [0.15, 0.2) is 42.5 Å². The van der Waals surface area contributed by atoms with Crippen molar-refractivity contribution < 1.29 is 19.8 Å². The first-order chi connectivity index (χ1) is 17.3. The van der Waals surface area contributed by atoms with Crippen molar-refractivity contribution in [2.75, 3.05) is 29.4 Å². The van der Waals surface area contributed by atoms with Gasteiger partial charge in [0, 0.05) is 37.4 Å². The van der Waals surface area contributed by atoms with Gasteiger partial charge in [-0.25, -0.2) is 9.78 Å². The maximum absolute atomic E-state index is 13.2. The second kappa shape index (κ2) is 8.76. The highest BCUT2D eigenvalue weighted by atomic mass is 16.4. The molecule has 8 nitrogen and oxygen atoms in total. The summed E-state index contributed by atoms with van der Waals surface area (Å²) in [6.07, 6.45) is 4.76. The van der Waals surface area contributed by atoms with Crippen molar-refractivity contribution in [1.82, 2.24) is 10.3 Å². The molecule has 0 spiro atoms. The van der Waals surface area contributed by atoms with Crippen LogP contribution in [-0.4, -0.2) is 64.4 Å². The third kappa shape index (κ3) is 4.21. The number of carboxylic acids is 1. The monoisotopic (exact) mass is 490 g/mol. The van der Waals surface area contributed by atoms with E-state index in [1.165, 1.54) is 0 Å². The number of nitrogens with zero attached hydrogens (tertiary/aromatic N) is 3. The number of aromatic nitrogens is 1. The van der Waals surface area contributed by atoms with Crippen LogP contribution in [-0.2, 0) is 0 Å². The van der Waals surface area contributed by atoms with Gasteiger partial charge in [-0.2, -0.15) is 0 Å². The Balaban J connectivity index is 1.11. The predicted molar refractivity (Wildman–Crippen MR) is 136 cm³/mol. The second-order valence-electron chi connectivity index (χ2n) is 11.4. The molecule has 4 aliphatic carbocycles. The summed E-state index contributed by atoms with van der Waals surface area (Å²) in [6.45, 7) is 4.46. The lowest BCUT2D eigenvalue weighted by Crippen LogP contribution is -2.61. The van der Waals surface area contributed by atoms with E-state index in [0.29, 0.717) is 23.4 Å². The first kappa shape index (κ1) is 23.3. The van der Waals surface area contributed by atoms with Crippen LogP contribution in [0.3, 0.4) is 0 Å². The Kier molecular flexibility index (Phi) is 5.67. The molecule has 5 aliphatic rings. The number of rotatable bonds is 5. The summed E-state index contributed by atoms with van der Waals surface area (Å²) in [7, 11) is 0. The van der Waals surface area contributed by atoms with Gasteiger partial charge < -0.3 is 25.3 Å². The van der Waals surface area contributed by atoms with Gasteiger partial charge in [-0.05, 0) is 93.2 Å². The van der Waals surface area contributed by atoms with Crippen LogP contribution >= 0.6 is 0 Å². The van der Waals surface area contributed by atoms with Gasteiger partial charge in [0.1, 0.15) is 11.5 Å². The Bertz CT molecular complexity index is 1150. The first-order valence-electron chi connectivity index (χ1n) is 13.1. The van der Waals surface area contributed by atoms with E-state index < -0.39 is 11.6 Å². The summed E-state index contributed by atoms with van der Waals surface area (Å²) >= 11 is 0. The molecule has 2 aromatic rings. The maximum Gasteiger partial charge on any atom is 0.335 e. The van der Waals surface area contributed by atoms with Crippen LogP contribution < -0.4 is 15.1 Å². The highest BCUT2D eigenvalue weighted by Crippen LogP contribution is 2.55. The lowest BCUT2D eigenvalue weighted by Gasteiger charge is -2.58. The van der Waals surface area contributed by atoms with E-state index in [4.69, 9.17) is 10.1 Å². The zero-order valence-electron chi connectivity index (χ0n) is 20.6. The number of piperazine rings is 1. The third-order valence-electron chi connectivity index (χ3n) is 8.91. The van der Waals surface area contributed by atoms with E-state index in [2.05, 4.69) is 22.0 Å². The second-order valence-corrected chi connectivity index (χ2v) is 11.4. The van der Waals surface area contributed by atoms with E-state index in [0.717, 1.165) is 63.2 Å². The fourth-order valence-electron chi connectivity index (χ4n) is 7.50. The molecule has 2 heterocycles. The molecule has 8 heteroatoms. The lowest BCUT2D eigenvalue weighted by atomic mass is 9.52.